The Hall–Kier alpha value is -0.0800. The zero-order chi connectivity index (χ0) is 5.98. The first-order valence-electron chi connectivity index (χ1n) is 3.28. The first-order valence-corrected chi connectivity index (χ1v) is 3.28. The summed E-state index contributed by atoms with van der Waals surface area (Å²) >= 11 is 0. The van der Waals surface area contributed by atoms with Crippen LogP contribution in [0.5, 0.6) is 0 Å². The van der Waals surface area contributed by atoms with Crippen molar-refractivity contribution in [3.05, 3.63) is 0 Å². The number of hydrogen-bond donors (Lipinski definition) is 1. The van der Waals surface area contributed by atoms with Crippen molar-refractivity contribution in [2.45, 2.75) is 19.4 Å². The Labute approximate surface area is 50.7 Å². The Bertz CT molecular complexity index is 68.9. The van der Waals surface area contributed by atoms with E-state index in [9.17, 15) is 0 Å². The van der Waals surface area contributed by atoms with E-state index in [1.165, 1.54) is 13.1 Å². The van der Waals surface area contributed by atoms with Gasteiger partial charge in [-0.3, -0.25) is 4.90 Å². The molecule has 1 aliphatic rings. The fraction of sp³-hybridized carbons (Fsp3) is 1.00. The third-order valence-corrected chi connectivity index (χ3v) is 1.69. The standard InChI is InChI=1S/C6H14N2/c1-6(2-3-7)8-4-5-8/h6H,2-5,7H2,1H3/t6-/m0/s1. The van der Waals surface area contributed by atoms with Crippen LogP contribution >= 0.6 is 0 Å². The summed E-state index contributed by atoms with van der Waals surface area (Å²) in [6.45, 7) is 5.65. The molecule has 0 saturated carbocycles. The molecular weight excluding hydrogens is 100 g/mol. The number of rotatable bonds is 3. The van der Waals surface area contributed by atoms with Gasteiger partial charge in [-0.25, -0.2) is 0 Å². The SMILES string of the molecule is C[C@@H](CCN)N1CC1. The Morgan fingerprint density at radius 2 is 2.25 bits per heavy atom. The average Bonchev–Trinajstić information content (AvgIpc) is 2.45. The zero-order valence-corrected chi connectivity index (χ0v) is 5.43. The maximum absolute atomic E-state index is 5.37. The third kappa shape index (κ3) is 1.46. The first-order chi connectivity index (χ1) is 3.84. The molecule has 1 fully saturated rings. The summed E-state index contributed by atoms with van der Waals surface area (Å²) in [5.41, 5.74) is 5.37. The van der Waals surface area contributed by atoms with Crippen molar-refractivity contribution in [3.63, 3.8) is 0 Å². The quantitative estimate of drug-likeness (QED) is 0.525. The minimum atomic E-state index is 0.736. The van der Waals surface area contributed by atoms with E-state index in [1.54, 1.807) is 0 Å². The molecule has 2 nitrogen and oxygen atoms in total. The molecule has 1 saturated heterocycles. The van der Waals surface area contributed by atoms with E-state index in [0.29, 0.717) is 0 Å². The summed E-state index contributed by atoms with van der Waals surface area (Å²) in [6, 6.07) is 0.736. The molecule has 0 bridgehead atoms. The van der Waals surface area contributed by atoms with Crippen molar-refractivity contribution >= 4 is 0 Å². The molecule has 0 aliphatic carbocycles. The van der Waals surface area contributed by atoms with Gasteiger partial charge in [0, 0.05) is 19.1 Å². The van der Waals surface area contributed by atoms with Crippen molar-refractivity contribution < 1.29 is 0 Å². The molecular formula is C6H14N2. The van der Waals surface area contributed by atoms with E-state index in [2.05, 4.69) is 11.8 Å². The summed E-state index contributed by atoms with van der Waals surface area (Å²) in [7, 11) is 0. The van der Waals surface area contributed by atoms with Crippen LogP contribution < -0.4 is 5.73 Å². The molecule has 0 unspecified atom stereocenters. The van der Waals surface area contributed by atoms with Crippen molar-refractivity contribution in [1.82, 2.24) is 4.90 Å². The first kappa shape index (κ1) is 6.05. The maximum Gasteiger partial charge on any atom is 0.0113 e. The van der Waals surface area contributed by atoms with Gasteiger partial charge in [-0.2, -0.15) is 0 Å². The summed E-state index contributed by atoms with van der Waals surface area (Å²) in [5.74, 6) is 0. The third-order valence-electron chi connectivity index (χ3n) is 1.69. The average molecular weight is 114 g/mol. The highest BCUT2D eigenvalue weighted by atomic mass is 15.3. The van der Waals surface area contributed by atoms with Gasteiger partial charge < -0.3 is 5.73 Å². The highest BCUT2D eigenvalue weighted by Crippen LogP contribution is 2.11. The van der Waals surface area contributed by atoms with Gasteiger partial charge in [-0.05, 0) is 19.9 Å². The molecule has 0 aromatic rings. The lowest BCUT2D eigenvalue weighted by Crippen LogP contribution is -2.18. The van der Waals surface area contributed by atoms with E-state index in [0.717, 1.165) is 19.0 Å². The van der Waals surface area contributed by atoms with Crippen LogP contribution in [0.4, 0.5) is 0 Å². The van der Waals surface area contributed by atoms with E-state index < -0.39 is 0 Å². The molecule has 2 heteroatoms. The van der Waals surface area contributed by atoms with Crippen LogP contribution in [0.3, 0.4) is 0 Å². The van der Waals surface area contributed by atoms with Crippen molar-refractivity contribution in [2.75, 3.05) is 19.6 Å². The smallest absolute Gasteiger partial charge is 0.0113 e. The highest BCUT2D eigenvalue weighted by molar-refractivity contribution is 4.78. The van der Waals surface area contributed by atoms with E-state index in [1.807, 2.05) is 0 Å². The van der Waals surface area contributed by atoms with Gasteiger partial charge in [0.05, 0.1) is 0 Å². The Morgan fingerprint density at radius 1 is 1.62 bits per heavy atom. The molecule has 8 heavy (non-hydrogen) atoms. The summed E-state index contributed by atoms with van der Waals surface area (Å²) in [6.07, 6.45) is 1.15. The second kappa shape index (κ2) is 2.46. The number of nitrogens with two attached hydrogens (primary N) is 1. The Morgan fingerprint density at radius 3 is 2.62 bits per heavy atom. The minimum Gasteiger partial charge on any atom is -0.330 e. The van der Waals surface area contributed by atoms with Gasteiger partial charge in [0.25, 0.3) is 0 Å². The molecule has 0 spiro atoms. The fourth-order valence-electron chi connectivity index (χ4n) is 0.922. The molecule has 0 radical (unpaired) electrons. The fourth-order valence-corrected chi connectivity index (χ4v) is 0.922. The van der Waals surface area contributed by atoms with Crippen molar-refractivity contribution in [3.8, 4) is 0 Å². The molecule has 1 aliphatic heterocycles. The molecule has 0 amide bonds. The van der Waals surface area contributed by atoms with Crippen LogP contribution in [-0.4, -0.2) is 30.6 Å². The van der Waals surface area contributed by atoms with Crippen molar-refractivity contribution in [1.29, 1.82) is 0 Å². The van der Waals surface area contributed by atoms with Gasteiger partial charge in [0.15, 0.2) is 0 Å². The molecule has 1 atom stereocenters. The zero-order valence-electron chi connectivity index (χ0n) is 5.43. The number of hydrogen-bond acceptors (Lipinski definition) is 2. The van der Waals surface area contributed by atoms with E-state index in [-0.39, 0.29) is 0 Å². The van der Waals surface area contributed by atoms with Crippen LogP contribution in [0.25, 0.3) is 0 Å². The van der Waals surface area contributed by atoms with Gasteiger partial charge in [-0.15, -0.1) is 0 Å². The summed E-state index contributed by atoms with van der Waals surface area (Å²) in [5, 5.41) is 0. The molecule has 0 aromatic heterocycles. The second-order valence-corrected chi connectivity index (χ2v) is 2.46. The second-order valence-electron chi connectivity index (χ2n) is 2.46. The van der Waals surface area contributed by atoms with Gasteiger partial charge in [0.2, 0.25) is 0 Å². The summed E-state index contributed by atoms with van der Waals surface area (Å²) in [4.78, 5) is 2.42. The lowest BCUT2D eigenvalue weighted by atomic mass is 10.2. The number of nitrogens with zero attached hydrogens (tertiary/aromatic N) is 1. The summed E-state index contributed by atoms with van der Waals surface area (Å²) < 4.78 is 0. The van der Waals surface area contributed by atoms with Gasteiger partial charge in [0.1, 0.15) is 0 Å². The van der Waals surface area contributed by atoms with Crippen LogP contribution in [-0.2, 0) is 0 Å². The van der Waals surface area contributed by atoms with Crippen LogP contribution in [0.2, 0.25) is 0 Å². The topological polar surface area (TPSA) is 29.0 Å². The Balaban J connectivity index is 2.03. The minimum absolute atomic E-state index is 0.736. The molecule has 48 valence electrons. The molecule has 2 N–H and O–H groups in total. The normalized spacial score (nSPS) is 23.2. The van der Waals surface area contributed by atoms with Gasteiger partial charge >= 0.3 is 0 Å². The monoisotopic (exact) mass is 114 g/mol. The predicted molar refractivity (Wildman–Crippen MR) is 34.7 cm³/mol. The Kier molecular flexibility index (Phi) is 1.86. The lowest BCUT2D eigenvalue weighted by molar-refractivity contribution is 0.408. The van der Waals surface area contributed by atoms with Gasteiger partial charge in [-0.1, -0.05) is 0 Å². The van der Waals surface area contributed by atoms with Crippen molar-refractivity contribution in [2.24, 2.45) is 5.73 Å². The molecule has 1 heterocycles. The lowest BCUT2D eigenvalue weighted by Gasteiger charge is -2.08. The molecule has 1 rings (SSSR count). The maximum atomic E-state index is 5.37. The molecule has 0 aromatic carbocycles. The van der Waals surface area contributed by atoms with E-state index in [4.69, 9.17) is 5.73 Å². The van der Waals surface area contributed by atoms with Crippen LogP contribution in [0.1, 0.15) is 13.3 Å². The largest absolute Gasteiger partial charge is 0.330 e. The van der Waals surface area contributed by atoms with Crippen LogP contribution in [0, 0.1) is 0 Å². The van der Waals surface area contributed by atoms with E-state index >= 15 is 0 Å². The predicted octanol–water partition coefficient (Wildman–Crippen LogP) is 0.0393. The van der Waals surface area contributed by atoms with Crippen LogP contribution in [0.15, 0.2) is 0 Å². The highest BCUT2D eigenvalue weighted by Gasteiger charge is 2.22.